The van der Waals surface area contributed by atoms with Crippen molar-refractivity contribution >= 4 is 21.6 Å². The number of hydrogen-bond acceptors (Lipinski definition) is 4. The molecule has 6 nitrogen and oxygen atoms in total. The highest BCUT2D eigenvalue weighted by Gasteiger charge is 2.22. The van der Waals surface area contributed by atoms with E-state index in [1.54, 1.807) is 0 Å². The summed E-state index contributed by atoms with van der Waals surface area (Å²) in [6.45, 7) is 1.01. The number of nitrogens with two attached hydrogens (primary N) is 1. The fourth-order valence-electron chi connectivity index (χ4n) is 1.97. The molecule has 0 unspecified atom stereocenters. The maximum Gasteiger partial charge on any atom is 0.238 e. The minimum absolute atomic E-state index is 0.0612. The lowest BCUT2D eigenvalue weighted by atomic mass is 9.99. The average Bonchev–Trinajstić information content (AvgIpc) is 2.41. The normalized spacial score (nSPS) is 16.9. The number of halogens is 1. The molecule has 0 spiro atoms. The Balaban J connectivity index is 2.11. The average molecular weight is 302 g/mol. The van der Waals surface area contributed by atoms with E-state index in [2.05, 4.69) is 5.32 Å². The molecule has 8 heteroatoms. The molecular formula is C12H15FN2O4S. The van der Waals surface area contributed by atoms with Gasteiger partial charge < -0.3 is 10.1 Å². The first kappa shape index (κ1) is 14.9. The van der Waals surface area contributed by atoms with Gasteiger partial charge in [-0.3, -0.25) is 4.79 Å². The molecule has 3 N–H and O–H groups in total. The quantitative estimate of drug-likeness (QED) is 0.864. The van der Waals surface area contributed by atoms with E-state index in [1.165, 1.54) is 6.07 Å². The van der Waals surface area contributed by atoms with E-state index >= 15 is 0 Å². The van der Waals surface area contributed by atoms with Crippen LogP contribution in [0.3, 0.4) is 0 Å². The summed E-state index contributed by atoms with van der Waals surface area (Å²) in [7, 11) is -3.96. The van der Waals surface area contributed by atoms with Crippen molar-refractivity contribution in [2.45, 2.75) is 17.7 Å². The molecule has 0 atom stereocenters. The molecule has 1 fully saturated rings. The number of primary sulfonamides is 1. The van der Waals surface area contributed by atoms with Crippen LogP contribution in [0.15, 0.2) is 23.1 Å². The molecule has 0 aromatic heterocycles. The summed E-state index contributed by atoms with van der Waals surface area (Å²) in [4.78, 5) is 11.6. The van der Waals surface area contributed by atoms with Crippen molar-refractivity contribution in [3.05, 3.63) is 24.0 Å². The molecule has 1 saturated heterocycles. The van der Waals surface area contributed by atoms with Gasteiger partial charge in [-0.2, -0.15) is 0 Å². The smallest absolute Gasteiger partial charge is 0.238 e. The molecule has 0 radical (unpaired) electrons. The van der Waals surface area contributed by atoms with E-state index in [0.717, 1.165) is 12.1 Å². The van der Waals surface area contributed by atoms with E-state index in [1.807, 2.05) is 0 Å². The molecule has 1 aromatic rings. The first-order valence-electron chi connectivity index (χ1n) is 6.09. The highest BCUT2D eigenvalue weighted by molar-refractivity contribution is 7.89. The van der Waals surface area contributed by atoms with Crippen LogP contribution in [-0.2, 0) is 19.6 Å². The SMILES string of the molecule is NS(=O)(=O)c1ccc(NC(=O)C2CCOCC2)c(F)c1. The Morgan fingerprint density at radius 3 is 2.55 bits per heavy atom. The van der Waals surface area contributed by atoms with Crippen LogP contribution in [0.5, 0.6) is 0 Å². The zero-order valence-electron chi connectivity index (χ0n) is 10.6. The van der Waals surface area contributed by atoms with Gasteiger partial charge in [-0.05, 0) is 31.0 Å². The van der Waals surface area contributed by atoms with Crippen molar-refractivity contribution in [2.75, 3.05) is 18.5 Å². The second-order valence-electron chi connectivity index (χ2n) is 4.56. The number of amides is 1. The van der Waals surface area contributed by atoms with Crippen LogP contribution in [0, 0.1) is 11.7 Å². The van der Waals surface area contributed by atoms with Gasteiger partial charge in [0.1, 0.15) is 5.82 Å². The van der Waals surface area contributed by atoms with Gasteiger partial charge in [0.05, 0.1) is 10.6 Å². The third kappa shape index (κ3) is 3.53. The van der Waals surface area contributed by atoms with Crippen LogP contribution in [-0.4, -0.2) is 27.5 Å². The zero-order chi connectivity index (χ0) is 14.8. The molecule has 1 aliphatic rings. The molecule has 1 aliphatic heterocycles. The van der Waals surface area contributed by atoms with Crippen LogP contribution >= 0.6 is 0 Å². The summed E-state index contributed by atoms with van der Waals surface area (Å²) in [5, 5.41) is 7.35. The van der Waals surface area contributed by atoms with Gasteiger partial charge in [-0.1, -0.05) is 0 Å². The monoisotopic (exact) mass is 302 g/mol. The lowest BCUT2D eigenvalue weighted by Crippen LogP contribution is -2.28. The summed E-state index contributed by atoms with van der Waals surface area (Å²) < 4.78 is 41.0. The van der Waals surface area contributed by atoms with Crippen LogP contribution in [0.4, 0.5) is 10.1 Å². The van der Waals surface area contributed by atoms with Crippen molar-refractivity contribution < 1.29 is 22.3 Å². The molecule has 1 aromatic carbocycles. The van der Waals surface area contributed by atoms with Crippen molar-refractivity contribution in [1.29, 1.82) is 0 Å². The number of hydrogen-bond donors (Lipinski definition) is 2. The van der Waals surface area contributed by atoms with E-state index in [-0.39, 0.29) is 22.4 Å². The summed E-state index contributed by atoms with van der Waals surface area (Å²) >= 11 is 0. The van der Waals surface area contributed by atoms with Gasteiger partial charge in [-0.15, -0.1) is 0 Å². The standard InChI is InChI=1S/C12H15FN2O4S/c13-10-7-9(20(14,17)18)1-2-11(10)15-12(16)8-3-5-19-6-4-8/h1-2,7-8H,3-6H2,(H,15,16)(H2,14,17,18). The number of ether oxygens (including phenoxy) is 1. The Kier molecular flexibility index (Phi) is 4.36. The molecule has 20 heavy (non-hydrogen) atoms. The third-order valence-electron chi connectivity index (χ3n) is 3.12. The highest BCUT2D eigenvalue weighted by Crippen LogP contribution is 2.21. The predicted molar refractivity (Wildman–Crippen MR) is 69.9 cm³/mol. The number of sulfonamides is 1. The van der Waals surface area contributed by atoms with E-state index in [0.29, 0.717) is 26.1 Å². The molecule has 1 amide bonds. The molecular weight excluding hydrogens is 287 g/mol. The summed E-state index contributed by atoms with van der Waals surface area (Å²) in [5.74, 6) is -1.35. The van der Waals surface area contributed by atoms with Crippen LogP contribution in [0.1, 0.15) is 12.8 Å². The minimum Gasteiger partial charge on any atom is -0.381 e. The lowest BCUT2D eigenvalue weighted by molar-refractivity contribution is -0.122. The van der Waals surface area contributed by atoms with Gasteiger partial charge in [0.25, 0.3) is 0 Å². The fraction of sp³-hybridized carbons (Fsp3) is 0.417. The number of carbonyl (C=O) groups excluding carboxylic acids is 1. The van der Waals surface area contributed by atoms with Crippen molar-refractivity contribution in [1.82, 2.24) is 0 Å². The van der Waals surface area contributed by atoms with Crippen molar-refractivity contribution in [3.8, 4) is 0 Å². The lowest BCUT2D eigenvalue weighted by Gasteiger charge is -2.21. The Morgan fingerprint density at radius 2 is 2.00 bits per heavy atom. The number of rotatable bonds is 3. The first-order chi connectivity index (χ1) is 9.38. The Labute approximate surface area is 116 Å². The molecule has 0 aliphatic carbocycles. The molecule has 1 heterocycles. The van der Waals surface area contributed by atoms with Crippen LogP contribution in [0.2, 0.25) is 0 Å². The summed E-state index contributed by atoms with van der Waals surface area (Å²) in [6.07, 6.45) is 1.17. The van der Waals surface area contributed by atoms with Gasteiger partial charge in [0.2, 0.25) is 15.9 Å². The summed E-state index contributed by atoms with van der Waals surface area (Å²) in [5.41, 5.74) is -0.0612. The highest BCUT2D eigenvalue weighted by atomic mass is 32.2. The topological polar surface area (TPSA) is 98.5 Å². The number of carbonyl (C=O) groups is 1. The second kappa shape index (κ2) is 5.86. The molecule has 0 bridgehead atoms. The first-order valence-corrected chi connectivity index (χ1v) is 7.63. The van der Waals surface area contributed by atoms with Crippen LogP contribution in [0.25, 0.3) is 0 Å². The largest absolute Gasteiger partial charge is 0.381 e. The Hall–Kier alpha value is -1.51. The van der Waals surface area contributed by atoms with E-state index in [4.69, 9.17) is 9.88 Å². The van der Waals surface area contributed by atoms with E-state index < -0.39 is 15.8 Å². The summed E-state index contributed by atoms with van der Waals surface area (Å²) in [6, 6.07) is 3.12. The number of nitrogens with one attached hydrogen (secondary N) is 1. The van der Waals surface area contributed by atoms with Gasteiger partial charge in [0, 0.05) is 19.1 Å². The van der Waals surface area contributed by atoms with Crippen molar-refractivity contribution in [2.24, 2.45) is 11.1 Å². The number of benzene rings is 1. The Bertz CT molecular complexity index is 612. The van der Waals surface area contributed by atoms with Gasteiger partial charge in [-0.25, -0.2) is 17.9 Å². The molecule has 0 saturated carbocycles. The number of anilines is 1. The third-order valence-corrected chi connectivity index (χ3v) is 4.03. The fourth-order valence-corrected chi connectivity index (χ4v) is 2.49. The minimum atomic E-state index is -3.96. The zero-order valence-corrected chi connectivity index (χ0v) is 11.5. The Morgan fingerprint density at radius 1 is 1.35 bits per heavy atom. The van der Waals surface area contributed by atoms with Crippen LogP contribution < -0.4 is 10.5 Å². The van der Waals surface area contributed by atoms with Gasteiger partial charge in [0.15, 0.2) is 0 Å². The van der Waals surface area contributed by atoms with Gasteiger partial charge >= 0.3 is 0 Å². The molecule has 110 valence electrons. The molecule has 2 rings (SSSR count). The maximum absolute atomic E-state index is 13.7. The second-order valence-corrected chi connectivity index (χ2v) is 6.12. The predicted octanol–water partition coefficient (Wildman–Crippen LogP) is 0.838. The van der Waals surface area contributed by atoms with E-state index in [9.17, 15) is 17.6 Å². The van der Waals surface area contributed by atoms with Crippen molar-refractivity contribution in [3.63, 3.8) is 0 Å². The maximum atomic E-state index is 13.7.